The fraction of sp³-hybridized carbons (Fsp3) is 0.429. The summed E-state index contributed by atoms with van der Waals surface area (Å²) in [5.74, 6) is -0.251. The van der Waals surface area contributed by atoms with E-state index in [0.29, 0.717) is 12.2 Å². The molecule has 0 aromatic heterocycles. The molecule has 1 amide bonds. The van der Waals surface area contributed by atoms with Gasteiger partial charge in [-0.25, -0.2) is 13.2 Å². The summed E-state index contributed by atoms with van der Waals surface area (Å²) < 4.78 is 27.4. The third-order valence-electron chi connectivity index (χ3n) is 2.95. The first-order valence-corrected chi connectivity index (χ1v) is 9.76. The number of carbonyl (C=O) groups is 2. The van der Waals surface area contributed by atoms with Gasteiger partial charge in [0.1, 0.15) is 6.04 Å². The highest BCUT2D eigenvalue weighted by molar-refractivity contribution is 7.98. The molecule has 1 aromatic carbocycles. The van der Waals surface area contributed by atoms with Crippen LogP contribution in [0.25, 0.3) is 0 Å². The van der Waals surface area contributed by atoms with E-state index in [1.165, 1.54) is 31.4 Å². The Labute approximate surface area is 134 Å². The highest BCUT2D eigenvalue weighted by atomic mass is 32.2. The summed E-state index contributed by atoms with van der Waals surface area (Å²) in [4.78, 5) is 23.9. The maximum absolute atomic E-state index is 12.1. The number of thioether (sulfide) groups is 1. The maximum Gasteiger partial charge on any atom is 0.328 e. The van der Waals surface area contributed by atoms with E-state index in [2.05, 4.69) is 10.1 Å². The zero-order chi connectivity index (χ0) is 16.8. The van der Waals surface area contributed by atoms with Crippen molar-refractivity contribution in [2.75, 3.05) is 25.4 Å². The Balaban J connectivity index is 2.83. The SMILES string of the molecule is COC(=O)[C@@H](CCSC)NC(=O)c1ccc(S(C)(=O)=O)cc1. The van der Waals surface area contributed by atoms with Crippen LogP contribution in [0.5, 0.6) is 0 Å². The van der Waals surface area contributed by atoms with E-state index < -0.39 is 27.8 Å². The Morgan fingerprint density at radius 2 is 1.86 bits per heavy atom. The molecule has 22 heavy (non-hydrogen) atoms. The van der Waals surface area contributed by atoms with E-state index in [-0.39, 0.29) is 10.5 Å². The standard InChI is InChI=1S/C14H19NO5S2/c1-20-14(17)12(8-9-21-2)15-13(16)10-4-6-11(7-5-10)22(3,18)19/h4-7,12H,8-9H2,1-3H3,(H,15,16)/t12-/m1/s1. The monoisotopic (exact) mass is 345 g/mol. The van der Waals surface area contributed by atoms with Crippen LogP contribution >= 0.6 is 11.8 Å². The topological polar surface area (TPSA) is 89.5 Å². The van der Waals surface area contributed by atoms with Gasteiger partial charge in [0.15, 0.2) is 9.84 Å². The number of methoxy groups -OCH3 is 1. The molecule has 6 nitrogen and oxygen atoms in total. The predicted molar refractivity (Wildman–Crippen MR) is 85.8 cm³/mol. The Hall–Kier alpha value is -1.54. The molecular weight excluding hydrogens is 326 g/mol. The third kappa shape index (κ3) is 5.34. The average Bonchev–Trinajstić information content (AvgIpc) is 2.49. The van der Waals surface area contributed by atoms with Crippen molar-refractivity contribution in [3.63, 3.8) is 0 Å². The van der Waals surface area contributed by atoms with Gasteiger partial charge in [0.25, 0.3) is 5.91 Å². The lowest BCUT2D eigenvalue weighted by molar-refractivity contribution is -0.142. The number of ether oxygens (including phenoxy) is 1. The van der Waals surface area contributed by atoms with E-state index in [9.17, 15) is 18.0 Å². The van der Waals surface area contributed by atoms with Crippen LogP contribution in [0.3, 0.4) is 0 Å². The smallest absolute Gasteiger partial charge is 0.328 e. The lowest BCUT2D eigenvalue weighted by atomic mass is 10.1. The van der Waals surface area contributed by atoms with Crippen molar-refractivity contribution >= 4 is 33.5 Å². The summed E-state index contributed by atoms with van der Waals surface area (Å²) in [6.07, 6.45) is 3.46. The minimum atomic E-state index is -3.31. The van der Waals surface area contributed by atoms with Crippen LogP contribution in [0.4, 0.5) is 0 Å². The van der Waals surface area contributed by atoms with Crippen molar-refractivity contribution in [2.45, 2.75) is 17.4 Å². The Kier molecular flexibility index (Phi) is 6.89. The van der Waals surface area contributed by atoms with Crippen LogP contribution in [0, 0.1) is 0 Å². The Morgan fingerprint density at radius 3 is 2.32 bits per heavy atom. The summed E-state index contributed by atoms with van der Waals surface area (Å²) in [5.41, 5.74) is 0.283. The minimum Gasteiger partial charge on any atom is -0.467 e. The van der Waals surface area contributed by atoms with Crippen LogP contribution in [0.1, 0.15) is 16.8 Å². The molecular formula is C14H19NO5S2. The molecule has 0 aliphatic heterocycles. The summed E-state index contributed by atoms with van der Waals surface area (Å²) >= 11 is 1.56. The number of nitrogens with one attached hydrogen (secondary N) is 1. The van der Waals surface area contributed by atoms with Gasteiger partial charge < -0.3 is 10.1 Å². The molecule has 0 spiro atoms. The first kappa shape index (κ1) is 18.5. The molecule has 1 aromatic rings. The van der Waals surface area contributed by atoms with Crippen molar-refractivity contribution < 1.29 is 22.7 Å². The van der Waals surface area contributed by atoms with Gasteiger partial charge in [-0.2, -0.15) is 11.8 Å². The molecule has 0 bridgehead atoms. The molecule has 8 heteroatoms. The van der Waals surface area contributed by atoms with Crippen LogP contribution in [0.2, 0.25) is 0 Å². The van der Waals surface area contributed by atoms with Crippen molar-refractivity contribution in [1.82, 2.24) is 5.32 Å². The first-order chi connectivity index (χ1) is 10.3. The van der Waals surface area contributed by atoms with Gasteiger partial charge in [0.05, 0.1) is 12.0 Å². The second-order valence-electron chi connectivity index (χ2n) is 4.63. The second kappa shape index (κ2) is 8.19. The van der Waals surface area contributed by atoms with Crippen molar-refractivity contribution in [3.8, 4) is 0 Å². The normalized spacial score (nSPS) is 12.5. The zero-order valence-corrected chi connectivity index (χ0v) is 14.3. The quantitative estimate of drug-likeness (QED) is 0.745. The summed E-state index contributed by atoms with van der Waals surface area (Å²) in [7, 11) is -2.04. The lowest BCUT2D eigenvalue weighted by Crippen LogP contribution is -2.41. The summed E-state index contributed by atoms with van der Waals surface area (Å²) in [6, 6.07) is 4.82. The van der Waals surface area contributed by atoms with Crippen LogP contribution < -0.4 is 5.32 Å². The van der Waals surface area contributed by atoms with E-state index in [4.69, 9.17) is 0 Å². The van der Waals surface area contributed by atoms with Gasteiger partial charge in [0, 0.05) is 11.8 Å². The number of carbonyl (C=O) groups excluding carboxylic acids is 2. The highest BCUT2D eigenvalue weighted by Gasteiger charge is 2.21. The molecule has 0 aliphatic rings. The lowest BCUT2D eigenvalue weighted by Gasteiger charge is -2.16. The van der Waals surface area contributed by atoms with E-state index in [1.807, 2.05) is 6.26 Å². The fourth-order valence-corrected chi connectivity index (χ4v) is 2.82. The largest absolute Gasteiger partial charge is 0.467 e. The van der Waals surface area contributed by atoms with Crippen molar-refractivity contribution in [1.29, 1.82) is 0 Å². The van der Waals surface area contributed by atoms with Crippen LogP contribution in [-0.2, 0) is 19.4 Å². The number of sulfone groups is 1. The molecule has 0 radical (unpaired) electrons. The zero-order valence-electron chi connectivity index (χ0n) is 12.7. The van der Waals surface area contributed by atoms with Crippen molar-refractivity contribution in [2.24, 2.45) is 0 Å². The molecule has 1 rings (SSSR count). The fourth-order valence-electron chi connectivity index (χ4n) is 1.72. The molecule has 0 heterocycles. The molecule has 0 fully saturated rings. The van der Waals surface area contributed by atoms with Gasteiger partial charge in [-0.05, 0) is 42.7 Å². The van der Waals surface area contributed by atoms with Gasteiger partial charge in [0.2, 0.25) is 0 Å². The predicted octanol–water partition coefficient (Wildman–Crippen LogP) is 1.11. The van der Waals surface area contributed by atoms with Gasteiger partial charge in [-0.1, -0.05) is 0 Å². The molecule has 1 N–H and O–H groups in total. The second-order valence-corrected chi connectivity index (χ2v) is 7.63. The molecule has 1 atom stereocenters. The van der Waals surface area contributed by atoms with E-state index >= 15 is 0 Å². The van der Waals surface area contributed by atoms with Crippen LogP contribution in [0.15, 0.2) is 29.2 Å². The van der Waals surface area contributed by atoms with Gasteiger partial charge >= 0.3 is 5.97 Å². The van der Waals surface area contributed by atoms with E-state index in [1.54, 1.807) is 11.8 Å². The Morgan fingerprint density at radius 1 is 1.27 bits per heavy atom. The Bertz CT molecular complexity index is 625. The molecule has 0 aliphatic carbocycles. The first-order valence-electron chi connectivity index (χ1n) is 6.47. The van der Waals surface area contributed by atoms with Gasteiger partial charge in [-0.15, -0.1) is 0 Å². The highest BCUT2D eigenvalue weighted by Crippen LogP contribution is 2.11. The van der Waals surface area contributed by atoms with E-state index in [0.717, 1.165) is 6.26 Å². The number of esters is 1. The molecule has 0 saturated heterocycles. The number of benzene rings is 1. The molecule has 0 saturated carbocycles. The third-order valence-corrected chi connectivity index (χ3v) is 4.72. The molecule has 122 valence electrons. The summed E-state index contributed by atoms with van der Waals surface area (Å²) in [5, 5.41) is 2.60. The number of hydrogen-bond donors (Lipinski definition) is 1. The minimum absolute atomic E-state index is 0.135. The summed E-state index contributed by atoms with van der Waals surface area (Å²) in [6.45, 7) is 0. The number of rotatable bonds is 7. The number of amides is 1. The molecule has 0 unspecified atom stereocenters. The van der Waals surface area contributed by atoms with Crippen LogP contribution in [-0.4, -0.2) is 51.7 Å². The number of hydrogen-bond acceptors (Lipinski definition) is 6. The van der Waals surface area contributed by atoms with Crippen molar-refractivity contribution in [3.05, 3.63) is 29.8 Å². The van der Waals surface area contributed by atoms with Gasteiger partial charge in [-0.3, -0.25) is 4.79 Å². The maximum atomic E-state index is 12.1. The average molecular weight is 345 g/mol.